The van der Waals surface area contributed by atoms with Crippen LogP contribution in [0.2, 0.25) is 0 Å². The highest BCUT2D eigenvalue weighted by molar-refractivity contribution is 5.74. The van der Waals surface area contributed by atoms with Gasteiger partial charge in [-0.25, -0.2) is 4.98 Å². The molecule has 4 nitrogen and oxygen atoms in total. The lowest BCUT2D eigenvalue weighted by Gasteiger charge is -2.03. The summed E-state index contributed by atoms with van der Waals surface area (Å²) in [6.45, 7) is 4.26. The fourth-order valence-electron chi connectivity index (χ4n) is 1.37. The molecule has 0 aliphatic rings. The van der Waals surface area contributed by atoms with Crippen LogP contribution in [0.4, 0.5) is 0 Å². The van der Waals surface area contributed by atoms with E-state index in [-0.39, 0.29) is 0 Å². The van der Waals surface area contributed by atoms with Crippen LogP contribution in [0, 0.1) is 0 Å². The Morgan fingerprint density at radius 2 is 2.15 bits per heavy atom. The molecular weight excluding hydrogens is 164 g/mol. The molecule has 0 bridgehead atoms. The van der Waals surface area contributed by atoms with E-state index in [0.717, 1.165) is 16.7 Å². The van der Waals surface area contributed by atoms with E-state index in [9.17, 15) is 0 Å². The van der Waals surface area contributed by atoms with E-state index in [2.05, 4.69) is 29.0 Å². The minimum absolute atomic E-state index is 0.438. The Labute approximate surface area is 76.6 Å². The van der Waals surface area contributed by atoms with Gasteiger partial charge in [-0.2, -0.15) is 5.10 Å². The van der Waals surface area contributed by atoms with E-state index in [1.165, 1.54) is 0 Å². The van der Waals surface area contributed by atoms with Crippen molar-refractivity contribution in [3.63, 3.8) is 0 Å². The third-order valence-electron chi connectivity index (χ3n) is 2.15. The molecule has 0 radical (unpaired) electrons. The molecule has 0 saturated carbocycles. The molecule has 0 unspecified atom stereocenters. The molecule has 2 heterocycles. The molecule has 4 heteroatoms. The molecule has 0 saturated heterocycles. The largest absolute Gasteiger partial charge is 0.317 e. The number of nitrogens with zero attached hydrogens (tertiary/aromatic N) is 4. The van der Waals surface area contributed by atoms with Gasteiger partial charge in [0.2, 0.25) is 0 Å². The first-order valence-electron chi connectivity index (χ1n) is 4.32. The van der Waals surface area contributed by atoms with E-state index in [0.29, 0.717) is 5.92 Å². The Bertz CT molecular complexity index is 430. The molecule has 0 aliphatic heterocycles. The van der Waals surface area contributed by atoms with Crippen LogP contribution in [-0.4, -0.2) is 19.7 Å². The number of rotatable bonds is 1. The molecule has 2 aromatic heterocycles. The predicted octanol–water partition coefficient (Wildman–Crippen LogP) is 1.49. The Morgan fingerprint density at radius 3 is 2.85 bits per heavy atom. The maximum absolute atomic E-state index is 4.30. The van der Waals surface area contributed by atoms with Crippen LogP contribution in [0.3, 0.4) is 0 Å². The molecule has 0 fully saturated rings. The number of imidazole rings is 1. The summed E-state index contributed by atoms with van der Waals surface area (Å²) in [4.78, 5) is 4.30. The SMILES string of the molecule is CC(C)c1cnnc2c1ncn2C. The van der Waals surface area contributed by atoms with Gasteiger partial charge in [-0.15, -0.1) is 5.10 Å². The molecule has 0 atom stereocenters. The van der Waals surface area contributed by atoms with E-state index < -0.39 is 0 Å². The first-order valence-corrected chi connectivity index (χ1v) is 4.32. The summed E-state index contributed by atoms with van der Waals surface area (Å²) in [5.74, 6) is 0.438. The summed E-state index contributed by atoms with van der Waals surface area (Å²) < 4.78 is 1.88. The summed E-state index contributed by atoms with van der Waals surface area (Å²) in [6.07, 6.45) is 3.56. The Hall–Kier alpha value is -1.45. The number of aromatic nitrogens is 4. The lowest BCUT2D eigenvalue weighted by molar-refractivity contribution is 0.848. The van der Waals surface area contributed by atoms with Crippen molar-refractivity contribution in [1.82, 2.24) is 19.7 Å². The van der Waals surface area contributed by atoms with Crippen LogP contribution >= 0.6 is 0 Å². The van der Waals surface area contributed by atoms with Gasteiger partial charge in [0, 0.05) is 12.6 Å². The van der Waals surface area contributed by atoms with Crippen molar-refractivity contribution >= 4 is 11.2 Å². The molecule has 2 rings (SSSR count). The molecular formula is C9H12N4. The molecule has 13 heavy (non-hydrogen) atoms. The molecule has 0 amide bonds. The van der Waals surface area contributed by atoms with Gasteiger partial charge in [-0.05, 0) is 5.92 Å². The lowest BCUT2D eigenvalue weighted by atomic mass is 10.1. The van der Waals surface area contributed by atoms with Gasteiger partial charge in [0.25, 0.3) is 0 Å². The average Bonchev–Trinajstić information content (AvgIpc) is 2.48. The standard InChI is InChI=1S/C9H12N4/c1-6(2)7-4-11-12-9-8(7)10-5-13(9)3/h4-6H,1-3H3. The summed E-state index contributed by atoms with van der Waals surface area (Å²) in [5, 5.41) is 7.99. The van der Waals surface area contributed by atoms with Gasteiger partial charge in [0.15, 0.2) is 5.65 Å². The first-order chi connectivity index (χ1) is 6.20. The van der Waals surface area contributed by atoms with Gasteiger partial charge in [0.05, 0.1) is 12.5 Å². The van der Waals surface area contributed by atoms with Gasteiger partial charge in [-0.1, -0.05) is 13.8 Å². The third-order valence-corrected chi connectivity index (χ3v) is 2.15. The van der Waals surface area contributed by atoms with Crippen LogP contribution in [-0.2, 0) is 7.05 Å². The van der Waals surface area contributed by atoms with E-state index in [1.807, 2.05) is 11.6 Å². The Balaban J connectivity index is 2.77. The number of hydrogen-bond donors (Lipinski definition) is 0. The zero-order valence-electron chi connectivity index (χ0n) is 8.02. The van der Waals surface area contributed by atoms with E-state index >= 15 is 0 Å². The van der Waals surface area contributed by atoms with Gasteiger partial charge in [-0.3, -0.25) is 0 Å². The second kappa shape index (κ2) is 2.80. The highest BCUT2D eigenvalue weighted by atomic mass is 15.2. The van der Waals surface area contributed by atoms with Crippen LogP contribution in [0.15, 0.2) is 12.5 Å². The van der Waals surface area contributed by atoms with Gasteiger partial charge >= 0.3 is 0 Å². The van der Waals surface area contributed by atoms with Crippen molar-refractivity contribution in [3.8, 4) is 0 Å². The first kappa shape index (κ1) is 8.16. The van der Waals surface area contributed by atoms with Crippen molar-refractivity contribution in [2.75, 3.05) is 0 Å². The Morgan fingerprint density at radius 1 is 1.38 bits per heavy atom. The topological polar surface area (TPSA) is 43.6 Å². The van der Waals surface area contributed by atoms with Crippen LogP contribution in [0.5, 0.6) is 0 Å². The number of fused-ring (bicyclic) bond motifs is 1. The second-order valence-corrected chi connectivity index (χ2v) is 3.48. The maximum atomic E-state index is 4.30. The average molecular weight is 176 g/mol. The summed E-state index contributed by atoms with van der Waals surface area (Å²) in [6, 6.07) is 0. The van der Waals surface area contributed by atoms with Crippen molar-refractivity contribution in [3.05, 3.63) is 18.1 Å². The summed E-state index contributed by atoms with van der Waals surface area (Å²) in [7, 11) is 1.92. The summed E-state index contributed by atoms with van der Waals surface area (Å²) in [5.41, 5.74) is 2.98. The van der Waals surface area contributed by atoms with E-state index in [4.69, 9.17) is 0 Å². The molecule has 0 spiro atoms. The highest BCUT2D eigenvalue weighted by Gasteiger charge is 2.09. The van der Waals surface area contributed by atoms with Crippen LogP contribution in [0.1, 0.15) is 25.3 Å². The minimum atomic E-state index is 0.438. The van der Waals surface area contributed by atoms with Crippen molar-refractivity contribution in [2.24, 2.45) is 7.05 Å². The third kappa shape index (κ3) is 1.18. The normalized spacial score (nSPS) is 11.4. The number of hydrogen-bond acceptors (Lipinski definition) is 3. The fourth-order valence-corrected chi connectivity index (χ4v) is 1.37. The monoisotopic (exact) mass is 176 g/mol. The zero-order chi connectivity index (χ0) is 9.42. The van der Waals surface area contributed by atoms with Gasteiger partial charge in [0.1, 0.15) is 5.52 Å². The molecule has 0 aromatic carbocycles. The van der Waals surface area contributed by atoms with Crippen molar-refractivity contribution < 1.29 is 0 Å². The number of aryl methyl sites for hydroxylation is 1. The zero-order valence-corrected chi connectivity index (χ0v) is 8.02. The van der Waals surface area contributed by atoms with E-state index in [1.54, 1.807) is 12.5 Å². The molecule has 2 aromatic rings. The van der Waals surface area contributed by atoms with Crippen LogP contribution < -0.4 is 0 Å². The van der Waals surface area contributed by atoms with Gasteiger partial charge < -0.3 is 4.57 Å². The second-order valence-electron chi connectivity index (χ2n) is 3.48. The summed E-state index contributed by atoms with van der Waals surface area (Å²) >= 11 is 0. The molecule has 68 valence electrons. The predicted molar refractivity (Wildman–Crippen MR) is 50.4 cm³/mol. The minimum Gasteiger partial charge on any atom is -0.317 e. The smallest absolute Gasteiger partial charge is 0.182 e. The Kier molecular flexibility index (Phi) is 1.76. The fraction of sp³-hybridized carbons (Fsp3) is 0.444. The maximum Gasteiger partial charge on any atom is 0.182 e. The molecule has 0 aliphatic carbocycles. The lowest BCUT2D eigenvalue weighted by Crippen LogP contribution is -1.95. The van der Waals surface area contributed by atoms with Crippen molar-refractivity contribution in [2.45, 2.75) is 19.8 Å². The quantitative estimate of drug-likeness (QED) is 0.661. The highest BCUT2D eigenvalue weighted by Crippen LogP contribution is 2.20. The van der Waals surface area contributed by atoms with Crippen molar-refractivity contribution in [1.29, 1.82) is 0 Å². The van der Waals surface area contributed by atoms with Crippen LogP contribution in [0.25, 0.3) is 11.2 Å². The molecule has 0 N–H and O–H groups in total.